The summed E-state index contributed by atoms with van der Waals surface area (Å²) in [7, 11) is -1.78. The van der Waals surface area contributed by atoms with E-state index in [1.807, 2.05) is 0 Å². The first-order chi connectivity index (χ1) is 26.0. The molecule has 0 spiro atoms. The van der Waals surface area contributed by atoms with Crippen molar-refractivity contribution in [2.75, 3.05) is 0 Å². The minimum Gasteiger partial charge on any atom is -0.310 e. The Kier molecular flexibility index (Phi) is 5.08. The molecule has 246 valence electrons. The SMILES string of the molecule is C[Si](C)(C)c1cc2c3c(c1)-n1c4ccc5ccccc5c4c4c5ccccc5cc(c41)B3c1cc3ccccc3c3c4c5ccccc5ccc4n-2c13. The maximum Gasteiger partial charge on any atom is 0.252 e. The first-order valence-electron chi connectivity index (χ1n) is 18.9. The zero-order valence-corrected chi connectivity index (χ0v) is 30.8. The summed E-state index contributed by atoms with van der Waals surface area (Å²) in [5.74, 6) is 0. The van der Waals surface area contributed by atoms with Gasteiger partial charge in [-0.3, -0.25) is 0 Å². The fourth-order valence-electron chi connectivity index (χ4n) is 10.5. The van der Waals surface area contributed by atoms with E-state index in [1.54, 1.807) is 0 Å². The molecule has 0 N–H and O–H groups in total. The Labute approximate surface area is 307 Å². The highest BCUT2D eigenvalue weighted by atomic mass is 28.3. The van der Waals surface area contributed by atoms with Gasteiger partial charge in [-0.2, -0.15) is 0 Å². The van der Waals surface area contributed by atoms with E-state index in [2.05, 4.69) is 174 Å². The molecule has 0 saturated carbocycles. The van der Waals surface area contributed by atoms with Crippen molar-refractivity contribution in [3.05, 3.63) is 146 Å². The normalized spacial score (nSPS) is 13.5. The Morgan fingerprint density at radius 2 is 0.811 bits per heavy atom. The Morgan fingerprint density at radius 1 is 0.415 bits per heavy atom. The third-order valence-electron chi connectivity index (χ3n) is 12.7. The molecule has 0 aliphatic carbocycles. The Balaban J connectivity index is 1.34. The van der Waals surface area contributed by atoms with Gasteiger partial charge in [0.15, 0.2) is 0 Å². The lowest BCUT2D eigenvalue weighted by Gasteiger charge is -2.35. The van der Waals surface area contributed by atoms with Crippen molar-refractivity contribution in [2.45, 2.75) is 19.6 Å². The largest absolute Gasteiger partial charge is 0.310 e. The first kappa shape index (κ1) is 28.5. The number of benzene rings is 9. The molecule has 53 heavy (non-hydrogen) atoms. The molecule has 2 nitrogen and oxygen atoms in total. The Morgan fingerprint density at radius 3 is 1.25 bits per heavy atom. The van der Waals surface area contributed by atoms with Crippen molar-refractivity contribution in [3.8, 4) is 11.4 Å². The van der Waals surface area contributed by atoms with Gasteiger partial charge in [-0.05, 0) is 83.7 Å². The zero-order chi connectivity index (χ0) is 34.9. The van der Waals surface area contributed by atoms with Crippen LogP contribution in [-0.2, 0) is 0 Å². The monoisotopic (exact) mass is 688 g/mol. The molecule has 0 unspecified atom stereocenters. The van der Waals surface area contributed by atoms with Crippen molar-refractivity contribution >= 4 is 123 Å². The number of hydrogen-bond acceptors (Lipinski definition) is 0. The molecule has 0 radical (unpaired) electrons. The van der Waals surface area contributed by atoms with Crippen molar-refractivity contribution in [1.29, 1.82) is 0 Å². The summed E-state index contributed by atoms with van der Waals surface area (Å²) >= 11 is 0. The van der Waals surface area contributed by atoms with Crippen molar-refractivity contribution in [1.82, 2.24) is 9.13 Å². The maximum absolute atomic E-state index is 2.67. The van der Waals surface area contributed by atoms with Gasteiger partial charge >= 0.3 is 0 Å². The second-order valence-electron chi connectivity index (χ2n) is 16.5. The molecule has 2 aromatic heterocycles. The predicted octanol–water partition coefficient (Wildman–Crippen LogP) is 10.2. The molecule has 2 aliphatic heterocycles. The molecule has 2 aliphatic rings. The Hall–Kier alpha value is -6.10. The summed E-state index contributed by atoms with van der Waals surface area (Å²) in [4.78, 5) is 0. The van der Waals surface area contributed by atoms with Crippen LogP contribution in [0, 0.1) is 0 Å². The van der Waals surface area contributed by atoms with E-state index >= 15 is 0 Å². The molecular weight excluding hydrogens is 655 g/mol. The van der Waals surface area contributed by atoms with Gasteiger partial charge in [0.05, 0.1) is 30.1 Å². The van der Waals surface area contributed by atoms with Crippen LogP contribution in [-0.4, -0.2) is 23.9 Å². The number of aromatic nitrogens is 2. The van der Waals surface area contributed by atoms with Gasteiger partial charge in [0, 0.05) is 32.9 Å². The van der Waals surface area contributed by atoms with Gasteiger partial charge in [-0.25, -0.2) is 0 Å². The van der Waals surface area contributed by atoms with Gasteiger partial charge in [0.2, 0.25) is 0 Å². The lowest BCUT2D eigenvalue weighted by Crippen LogP contribution is -2.60. The highest BCUT2D eigenvalue weighted by Gasteiger charge is 2.42. The van der Waals surface area contributed by atoms with E-state index in [-0.39, 0.29) is 6.71 Å². The molecule has 0 bridgehead atoms. The predicted molar refractivity (Wildman–Crippen MR) is 233 cm³/mol. The van der Waals surface area contributed by atoms with E-state index in [0.717, 1.165) is 0 Å². The smallest absolute Gasteiger partial charge is 0.252 e. The highest BCUT2D eigenvalue weighted by Crippen LogP contribution is 2.45. The van der Waals surface area contributed by atoms with E-state index in [4.69, 9.17) is 0 Å². The van der Waals surface area contributed by atoms with E-state index in [1.165, 1.54) is 120 Å². The number of rotatable bonds is 1. The molecule has 11 aromatic rings. The van der Waals surface area contributed by atoms with Crippen LogP contribution in [0.15, 0.2) is 146 Å². The lowest BCUT2D eigenvalue weighted by molar-refractivity contribution is 1.15. The minimum absolute atomic E-state index is 0.0843. The van der Waals surface area contributed by atoms with Crippen molar-refractivity contribution < 1.29 is 0 Å². The van der Waals surface area contributed by atoms with Gasteiger partial charge in [-0.15, -0.1) is 0 Å². The quantitative estimate of drug-likeness (QED) is 0.152. The molecular formula is C49H33BN2Si. The van der Waals surface area contributed by atoms with Crippen LogP contribution in [0.2, 0.25) is 19.6 Å². The van der Waals surface area contributed by atoms with Crippen LogP contribution in [0.25, 0.3) is 98.1 Å². The van der Waals surface area contributed by atoms with E-state index in [9.17, 15) is 0 Å². The van der Waals surface area contributed by atoms with Crippen molar-refractivity contribution in [2.24, 2.45) is 0 Å². The molecule has 4 heteroatoms. The lowest BCUT2D eigenvalue weighted by atomic mass is 9.34. The third kappa shape index (κ3) is 3.38. The molecule has 0 amide bonds. The average molecular weight is 689 g/mol. The summed E-state index contributed by atoms with van der Waals surface area (Å²) in [5.41, 5.74) is 12.2. The molecule has 0 atom stereocenters. The summed E-state index contributed by atoms with van der Waals surface area (Å²) in [6.45, 7) is 7.59. The number of hydrogen-bond donors (Lipinski definition) is 0. The second-order valence-corrected chi connectivity index (χ2v) is 21.5. The van der Waals surface area contributed by atoms with E-state index < -0.39 is 8.07 Å². The molecule has 9 aromatic carbocycles. The maximum atomic E-state index is 2.67. The standard InChI is InChI=1S/C49H33BN2Si/c1-53(2,3)32-26-41-47-42(27-32)52-40-23-21-29-13-5-9-17-34(29)44(40)46-36-19-11-7-15-31(36)25-38(49(46)52)50(47)37-24-30-14-6-10-18-35(30)45-43-33-16-8-4-12-28(33)20-22-39(43)51(41)48(37)45/h4-27H,1-3H3. The van der Waals surface area contributed by atoms with Crippen LogP contribution in [0.4, 0.5) is 0 Å². The fourth-order valence-corrected chi connectivity index (χ4v) is 11.6. The fraction of sp³-hybridized carbons (Fsp3) is 0.0612. The Bertz CT molecular complexity index is 3280. The van der Waals surface area contributed by atoms with Gasteiger partial charge in [0.25, 0.3) is 6.71 Å². The van der Waals surface area contributed by atoms with Gasteiger partial charge in [0.1, 0.15) is 0 Å². The molecule has 4 heterocycles. The zero-order valence-electron chi connectivity index (χ0n) is 29.8. The summed E-state index contributed by atoms with van der Waals surface area (Å²) < 4.78 is 5.34. The van der Waals surface area contributed by atoms with Gasteiger partial charge < -0.3 is 9.13 Å². The van der Waals surface area contributed by atoms with Crippen LogP contribution in [0.3, 0.4) is 0 Å². The van der Waals surface area contributed by atoms with Crippen LogP contribution in [0.5, 0.6) is 0 Å². The highest BCUT2D eigenvalue weighted by molar-refractivity contribution is 7.01. The summed E-state index contributed by atoms with van der Waals surface area (Å²) in [5, 5.41) is 17.5. The third-order valence-corrected chi connectivity index (χ3v) is 14.8. The topological polar surface area (TPSA) is 9.86 Å². The summed E-state index contributed by atoms with van der Waals surface area (Å²) in [6.07, 6.45) is 0. The average Bonchev–Trinajstić information content (AvgIpc) is 3.73. The first-order valence-corrected chi connectivity index (χ1v) is 22.4. The number of fused-ring (bicyclic) bond motifs is 18. The molecule has 0 fully saturated rings. The molecule has 0 saturated heterocycles. The summed E-state index contributed by atoms with van der Waals surface area (Å²) in [6, 6.07) is 55.8. The van der Waals surface area contributed by atoms with Gasteiger partial charge in [-0.1, -0.05) is 146 Å². The van der Waals surface area contributed by atoms with E-state index in [0.29, 0.717) is 0 Å². The van der Waals surface area contributed by atoms with Crippen LogP contribution in [0.1, 0.15) is 0 Å². The minimum atomic E-state index is -1.78. The van der Waals surface area contributed by atoms with Crippen molar-refractivity contribution in [3.63, 3.8) is 0 Å². The molecule has 13 rings (SSSR count). The second kappa shape index (κ2) is 9.46. The van der Waals surface area contributed by atoms with Crippen LogP contribution < -0.4 is 21.6 Å². The number of nitrogens with zero attached hydrogens (tertiary/aromatic N) is 2. The van der Waals surface area contributed by atoms with Crippen LogP contribution >= 0.6 is 0 Å².